The Morgan fingerprint density at radius 2 is 1.79 bits per heavy atom. The van der Waals surface area contributed by atoms with E-state index in [0.29, 0.717) is 6.04 Å². The second kappa shape index (κ2) is 7.85. The van der Waals surface area contributed by atoms with Crippen LogP contribution in [0.2, 0.25) is 0 Å². The van der Waals surface area contributed by atoms with Gasteiger partial charge in [0, 0.05) is 12.1 Å². The van der Waals surface area contributed by atoms with Crippen molar-refractivity contribution in [3.05, 3.63) is 35.9 Å². The molecule has 19 heavy (non-hydrogen) atoms. The molecular formula is C16H25NO2. The van der Waals surface area contributed by atoms with Crippen molar-refractivity contribution in [2.75, 3.05) is 20.8 Å². The Labute approximate surface area is 116 Å². The SMILES string of the molecule is C=C(C)CCC(NCC)c1cc(OC)cc(OC)c1. The van der Waals surface area contributed by atoms with E-state index in [-0.39, 0.29) is 0 Å². The van der Waals surface area contributed by atoms with Crippen LogP contribution in [0.5, 0.6) is 11.5 Å². The molecule has 1 atom stereocenters. The molecule has 106 valence electrons. The first-order valence-corrected chi connectivity index (χ1v) is 6.71. The van der Waals surface area contributed by atoms with Gasteiger partial charge in [-0.05, 0) is 44.0 Å². The highest BCUT2D eigenvalue weighted by atomic mass is 16.5. The Bertz CT molecular complexity index is 393. The van der Waals surface area contributed by atoms with Crippen LogP contribution < -0.4 is 14.8 Å². The van der Waals surface area contributed by atoms with Crippen LogP contribution in [0.4, 0.5) is 0 Å². The van der Waals surface area contributed by atoms with E-state index in [1.165, 1.54) is 11.1 Å². The molecule has 0 fully saturated rings. The number of allylic oxidation sites excluding steroid dienone is 1. The lowest BCUT2D eigenvalue weighted by molar-refractivity contribution is 0.391. The fourth-order valence-corrected chi connectivity index (χ4v) is 2.05. The molecule has 1 aromatic rings. The van der Waals surface area contributed by atoms with Crippen molar-refractivity contribution in [1.29, 1.82) is 0 Å². The molecule has 0 aromatic heterocycles. The van der Waals surface area contributed by atoms with Gasteiger partial charge in [0.05, 0.1) is 14.2 Å². The maximum absolute atomic E-state index is 5.33. The fourth-order valence-electron chi connectivity index (χ4n) is 2.05. The third-order valence-electron chi connectivity index (χ3n) is 3.09. The van der Waals surface area contributed by atoms with Gasteiger partial charge in [0.2, 0.25) is 0 Å². The van der Waals surface area contributed by atoms with Gasteiger partial charge in [-0.1, -0.05) is 12.5 Å². The van der Waals surface area contributed by atoms with E-state index < -0.39 is 0 Å². The first-order valence-electron chi connectivity index (χ1n) is 6.71. The Kier molecular flexibility index (Phi) is 6.43. The first kappa shape index (κ1) is 15.6. The highest BCUT2D eigenvalue weighted by molar-refractivity contribution is 5.39. The molecule has 0 aliphatic heterocycles. The molecule has 0 amide bonds. The van der Waals surface area contributed by atoms with Crippen LogP contribution in [0.1, 0.15) is 38.3 Å². The lowest BCUT2D eigenvalue weighted by atomic mass is 9.99. The quantitative estimate of drug-likeness (QED) is 0.725. The van der Waals surface area contributed by atoms with Gasteiger partial charge in [0.25, 0.3) is 0 Å². The van der Waals surface area contributed by atoms with Crippen molar-refractivity contribution in [2.45, 2.75) is 32.7 Å². The molecule has 0 heterocycles. The maximum atomic E-state index is 5.33. The number of ether oxygens (including phenoxy) is 2. The maximum Gasteiger partial charge on any atom is 0.122 e. The van der Waals surface area contributed by atoms with Crippen molar-refractivity contribution in [1.82, 2.24) is 5.32 Å². The molecule has 1 unspecified atom stereocenters. The molecular weight excluding hydrogens is 238 g/mol. The molecule has 3 heteroatoms. The van der Waals surface area contributed by atoms with E-state index in [4.69, 9.17) is 9.47 Å². The fraction of sp³-hybridized carbons (Fsp3) is 0.500. The molecule has 1 rings (SSSR count). The Morgan fingerprint density at radius 1 is 1.21 bits per heavy atom. The number of hydrogen-bond donors (Lipinski definition) is 1. The van der Waals surface area contributed by atoms with E-state index >= 15 is 0 Å². The van der Waals surface area contributed by atoms with Crippen LogP contribution >= 0.6 is 0 Å². The largest absolute Gasteiger partial charge is 0.497 e. The third-order valence-corrected chi connectivity index (χ3v) is 3.09. The summed E-state index contributed by atoms with van der Waals surface area (Å²) < 4.78 is 10.7. The van der Waals surface area contributed by atoms with Gasteiger partial charge in [0.1, 0.15) is 11.5 Å². The average molecular weight is 263 g/mol. The van der Waals surface area contributed by atoms with Gasteiger partial charge in [-0.3, -0.25) is 0 Å². The van der Waals surface area contributed by atoms with Gasteiger partial charge in [-0.2, -0.15) is 0 Å². The lowest BCUT2D eigenvalue weighted by Crippen LogP contribution is -2.21. The summed E-state index contributed by atoms with van der Waals surface area (Å²) in [4.78, 5) is 0. The van der Waals surface area contributed by atoms with Crippen molar-refractivity contribution >= 4 is 0 Å². The Balaban J connectivity index is 2.95. The topological polar surface area (TPSA) is 30.5 Å². The summed E-state index contributed by atoms with van der Waals surface area (Å²) in [6, 6.07) is 6.32. The first-order chi connectivity index (χ1) is 9.10. The van der Waals surface area contributed by atoms with Crippen molar-refractivity contribution < 1.29 is 9.47 Å². The second-order valence-electron chi connectivity index (χ2n) is 4.75. The Hall–Kier alpha value is -1.48. The predicted molar refractivity (Wildman–Crippen MR) is 80.0 cm³/mol. The summed E-state index contributed by atoms with van der Waals surface area (Å²) in [7, 11) is 3.35. The van der Waals surface area contributed by atoms with Gasteiger partial charge in [-0.15, -0.1) is 6.58 Å². The van der Waals surface area contributed by atoms with Gasteiger partial charge in [-0.25, -0.2) is 0 Å². The van der Waals surface area contributed by atoms with E-state index in [9.17, 15) is 0 Å². The van der Waals surface area contributed by atoms with Crippen LogP contribution in [0.15, 0.2) is 30.4 Å². The lowest BCUT2D eigenvalue weighted by Gasteiger charge is -2.20. The molecule has 0 aliphatic rings. The minimum Gasteiger partial charge on any atom is -0.497 e. The standard InChI is InChI=1S/C16H25NO2/c1-6-17-16(8-7-12(2)3)13-9-14(18-4)11-15(10-13)19-5/h9-11,16-17H,2,6-8H2,1,3-5H3. The normalized spacial score (nSPS) is 12.0. The van der Waals surface area contributed by atoms with Crippen LogP contribution in [-0.2, 0) is 0 Å². The smallest absolute Gasteiger partial charge is 0.122 e. The highest BCUT2D eigenvalue weighted by Crippen LogP contribution is 2.29. The van der Waals surface area contributed by atoms with Gasteiger partial charge >= 0.3 is 0 Å². The predicted octanol–water partition coefficient (Wildman–Crippen LogP) is 3.71. The molecule has 0 aliphatic carbocycles. The van der Waals surface area contributed by atoms with Crippen LogP contribution in [0.3, 0.4) is 0 Å². The second-order valence-corrected chi connectivity index (χ2v) is 4.75. The average Bonchev–Trinajstić information content (AvgIpc) is 2.42. The molecule has 0 saturated carbocycles. The summed E-state index contributed by atoms with van der Waals surface area (Å²) in [5, 5.41) is 3.50. The molecule has 0 bridgehead atoms. The van der Waals surface area contributed by atoms with E-state index in [1.54, 1.807) is 14.2 Å². The number of rotatable bonds is 8. The minimum absolute atomic E-state index is 0.297. The number of hydrogen-bond acceptors (Lipinski definition) is 3. The van der Waals surface area contributed by atoms with E-state index in [1.807, 2.05) is 6.07 Å². The summed E-state index contributed by atoms with van der Waals surface area (Å²) in [6.45, 7) is 9.08. The summed E-state index contributed by atoms with van der Waals surface area (Å²) in [5.41, 5.74) is 2.40. The zero-order chi connectivity index (χ0) is 14.3. The van der Waals surface area contributed by atoms with Gasteiger partial charge in [0.15, 0.2) is 0 Å². The molecule has 0 radical (unpaired) electrons. The highest BCUT2D eigenvalue weighted by Gasteiger charge is 2.13. The van der Waals surface area contributed by atoms with E-state index in [2.05, 4.69) is 37.9 Å². The molecule has 3 nitrogen and oxygen atoms in total. The molecule has 0 saturated heterocycles. The Morgan fingerprint density at radius 3 is 2.21 bits per heavy atom. The van der Waals surface area contributed by atoms with Crippen LogP contribution in [0, 0.1) is 0 Å². The molecule has 0 spiro atoms. The van der Waals surface area contributed by atoms with E-state index in [0.717, 1.165) is 30.9 Å². The molecule has 1 N–H and O–H groups in total. The van der Waals surface area contributed by atoms with Crippen LogP contribution in [0.25, 0.3) is 0 Å². The number of benzene rings is 1. The van der Waals surface area contributed by atoms with Gasteiger partial charge < -0.3 is 14.8 Å². The third kappa shape index (κ3) is 4.95. The number of nitrogens with one attached hydrogen (secondary N) is 1. The summed E-state index contributed by atoms with van der Waals surface area (Å²) in [5.74, 6) is 1.65. The minimum atomic E-state index is 0.297. The van der Waals surface area contributed by atoms with Crippen LogP contribution in [-0.4, -0.2) is 20.8 Å². The van der Waals surface area contributed by atoms with Crippen molar-refractivity contribution in [2.24, 2.45) is 0 Å². The number of methoxy groups -OCH3 is 2. The van der Waals surface area contributed by atoms with Crippen molar-refractivity contribution in [3.8, 4) is 11.5 Å². The van der Waals surface area contributed by atoms with Crippen molar-refractivity contribution in [3.63, 3.8) is 0 Å². The molecule has 1 aromatic carbocycles. The summed E-state index contributed by atoms with van der Waals surface area (Å²) in [6.07, 6.45) is 2.04. The monoisotopic (exact) mass is 263 g/mol. The zero-order valence-corrected chi connectivity index (χ0v) is 12.5. The zero-order valence-electron chi connectivity index (χ0n) is 12.5. The summed E-state index contributed by atoms with van der Waals surface area (Å²) >= 11 is 0.